The number of fused-ring (bicyclic) bond motifs is 6. The molecule has 86 valence electrons. The summed E-state index contributed by atoms with van der Waals surface area (Å²) >= 11 is 0. The van der Waals surface area contributed by atoms with Crippen molar-refractivity contribution in [3.05, 3.63) is 48.9 Å². The first-order valence-corrected chi connectivity index (χ1v) is 5.67. The highest BCUT2D eigenvalue weighted by molar-refractivity contribution is 6.10. The molecule has 18 heavy (non-hydrogen) atoms. The van der Waals surface area contributed by atoms with Gasteiger partial charge in [-0.2, -0.15) is 0 Å². The Morgan fingerprint density at radius 3 is 2.89 bits per heavy atom. The summed E-state index contributed by atoms with van der Waals surface area (Å²) in [5, 5.41) is 11.6. The molecule has 0 saturated carbocycles. The average molecular weight is 235 g/mol. The third-order valence-corrected chi connectivity index (χ3v) is 3.19. The Balaban J connectivity index is 2.44. The standard InChI is InChI=1S/C14H9N3O/c18-9-3-4-10-11(8-9)13-12(2-1-5-15-13)17-7-6-16-14(10)17/h1-8,18H. The van der Waals surface area contributed by atoms with Crippen LogP contribution in [-0.4, -0.2) is 19.5 Å². The average Bonchev–Trinajstić information content (AvgIpc) is 2.88. The van der Waals surface area contributed by atoms with Gasteiger partial charge in [-0.15, -0.1) is 0 Å². The molecule has 1 N–H and O–H groups in total. The largest absolute Gasteiger partial charge is 0.508 e. The summed E-state index contributed by atoms with van der Waals surface area (Å²) in [5.74, 6) is 0.241. The lowest BCUT2D eigenvalue weighted by molar-refractivity contribution is 0.476. The summed E-state index contributed by atoms with van der Waals surface area (Å²) in [6.07, 6.45) is 5.45. The van der Waals surface area contributed by atoms with Gasteiger partial charge in [-0.25, -0.2) is 4.98 Å². The van der Waals surface area contributed by atoms with Gasteiger partial charge < -0.3 is 5.11 Å². The fourth-order valence-corrected chi connectivity index (χ4v) is 2.42. The molecule has 4 rings (SSSR count). The van der Waals surface area contributed by atoms with Gasteiger partial charge in [0.25, 0.3) is 0 Å². The van der Waals surface area contributed by atoms with Crippen molar-refractivity contribution < 1.29 is 5.11 Å². The number of phenols is 1. The van der Waals surface area contributed by atoms with Crippen LogP contribution in [0.15, 0.2) is 48.9 Å². The number of hydrogen-bond donors (Lipinski definition) is 1. The Hall–Kier alpha value is -2.62. The van der Waals surface area contributed by atoms with Crippen molar-refractivity contribution in [2.24, 2.45) is 0 Å². The van der Waals surface area contributed by atoms with Crippen molar-refractivity contribution in [1.29, 1.82) is 0 Å². The highest BCUT2D eigenvalue weighted by atomic mass is 16.3. The molecule has 4 aromatic rings. The zero-order valence-corrected chi connectivity index (χ0v) is 9.41. The molecule has 0 aliphatic heterocycles. The van der Waals surface area contributed by atoms with Gasteiger partial charge in [0.1, 0.15) is 11.4 Å². The highest BCUT2D eigenvalue weighted by Crippen LogP contribution is 2.29. The van der Waals surface area contributed by atoms with Crippen LogP contribution in [0.3, 0.4) is 0 Å². The number of aromatic hydroxyl groups is 1. The van der Waals surface area contributed by atoms with E-state index in [9.17, 15) is 5.11 Å². The number of benzene rings is 1. The number of phenolic OH excluding ortho intramolecular Hbond substituents is 1. The summed E-state index contributed by atoms with van der Waals surface area (Å²) < 4.78 is 2.02. The molecule has 1 aromatic carbocycles. The van der Waals surface area contributed by atoms with Crippen LogP contribution in [0.2, 0.25) is 0 Å². The smallest absolute Gasteiger partial charge is 0.145 e. The quantitative estimate of drug-likeness (QED) is 0.477. The Kier molecular flexibility index (Phi) is 1.67. The van der Waals surface area contributed by atoms with Gasteiger partial charge >= 0.3 is 0 Å². The summed E-state index contributed by atoms with van der Waals surface area (Å²) in [4.78, 5) is 8.80. The molecule has 4 nitrogen and oxygen atoms in total. The molecule has 0 spiro atoms. The molecule has 3 heterocycles. The predicted molar refractivity (Wildman–Crippen MR) is 69.7 cm³/mol. The lowest BCUT2D eigenvalue weighted by Crippen LogP contribution is -1.91. The molecule has 0 amide bonds. The molecule has 0 aliphatic rings. The van der Waals surface area contributed by atoms with Crippen molar-refractivity contribution >= 4 is 27.5 Å². The molecule has 0 aliphatic carbocycles. The maximum absolute atomic E-state index is 9.66. The summed E-state index contributed by atoms with van der Waals surface area (Å²) in [7, 11) is 0. The molecule has 0 saturated heterocycles. The highest BCUT2D eigenvalue weighted by Gasteiger charge is 2.09. The number of pyridine rings is 2. The van der Waals surface area contributed by atoms with Crippen molar-refractivity contribution in [3.8, 4) is 5.75 Å². The van der Waals surface area contributed by atoms with E-state index in [4.69, 9.17) is 0 Å². The van der Waals surface area contributed by atoms with Crippen LogP contribution >= 0.6 is 0 Å². The molecule has 0 fully saturated rings. The first-order valence-electron chi connectivity index (χ1n) is 5.67. The van der Waals surface area contributed by atoms with Crippen LogP contribution in [0.1, 0.15) is 0 Å². The molecule has 0 bridgehead atoms. The third-order valence-electron chi connectivity index (χ3n) is 3.19. The van der Waals surface area contributed by atoms with E-state index in [0.29, 0.717) is 0 Å². The zero-order chi connectivity index (χ0) is 12.1. The monoisotopic (exact) mass is 235 g/mol. The second kappa shape index (κ2) is 3.20. The molecule has 0 atom stereocenters. The Labute approximate surface area is 102 Å². The van der Waals surface area contributed by atoms with Crippen LogP contribution < -0.4 is 0 Å². The summed E-state index contributed by atoms with van der Waals surface area (Å²) in [5.41, 5.74) is 2.74. The second-order valence-corrected chi connectivity index (χ2v) is 4.22. The minimum atomic E-state index is 0.241. The van der Waals surface area contributed by atoms with E-state index in [1.807, 2.05) is 28.8 Å². The van der Waals surface area contributed by atoms with Crippen molar-refractivity contribution in [2.75, 3.05) is 0 Å². The number of nitrogens with zero attached hydrogens (tertiary/aromatic N) is 3. The van der Waals surface area contributed by atoms with Gasteiger partial charge in [-0.1, -0.05) is 0 Å². The molecular weight excluding hydrogens is 226 g/mol. The Morgan fingerprint density at radius 1 is 1.00 bits per heavy atom. The lowest BCUT2D eigenvalue weighted by Gasteiger charge is -2.07. The normalized spacial score (nSPS) is 11.6. The molecular formula is C14H9N3O. The molecule has 4 heteroatoms. The van der Waals surface area contributed by atoms with E-state index in [1.165, 1.54) is 0 Å². The molecule has 0 radical (unpaired) electrons. The van der Waals surface area contributed by atoms with Crippen molar-refractivity contribution in [1.82, 2.24) is 14.4 Å². The van der Waals surface area contributed by atoms with E-state index in [1.54, 1.807) is 24.5 Å². The van der Waals surface area contributed by atoms with Gasteiger partial charge in [-0.3, -0.25) is 9.38 Å². The zero-order valence-electron chi connectivity index (χ0n) is 9.41. The van der Waals surface area contributed by atoms with Gasteiger partial charge in [-0.05, 0) is 30.3 Å². The molecule has 0 unspecified atom stereocenters. The fourth-order valence-electron chi connectivity index (χ4n) is 2.42. The fraction of sp³-hybridized carbons (Fsp3) is 0. The van der Waals surface area contributed by atoms with Gasteiger partial charge in [0, 0.05) is 29.4 Å². The third kappa shape index (κ3) is 1.09. The van der Waals surface area contributed by atoms with Crippen LogP contribution in [0.4, 0.5) is 0 Å². The van der Waals surface area contributed by atoms with Crippen LogP contribution in [0.5, 0.6) is 5.75 Å². The van der Waals surface area contributed by atoms with E-state index in [-0.39, 0.29) is 5.75 Å². The van der Waals surface area contributed by atoms with Crippen molar-refractivity contribution in [2.45, 2.75) is 0 Å². The number of hydrogen-bond acceptors (Lipinski definition) is 3. The lowest BCUT2D eigenvalue weighted by atomic mass is 10.1. The summed E-state index contributed by atoms with van der Waals surface area (Å²) in [6.45, 7) is 0. The molecule has 3 aromatic heterocycles. The SMILES string of the molecule is Oc1ccc2c(c1)c1ncccc1n1ccnc21. The Morgan fingerprint density at radius 2 is 1.94 bits per heavy atom. The van der Waals surface area contributed by atoms with Gasteiger partial charge in [0.2, 0.25) is 0 Å². The van der Waals surface area contributed by atoms with E-state index < -0.39 is 0 Å². The van der Waals surface area contributed by atoms with Crippen LogP contribution in [0.25, 0.3) is 27.5 Å². The van der Waals surface area contributed by atoms with E-state index >= 15 is 0 Å². The van der Waals surface area contributed by atoms with Gasteiger partial charge in [0.05, 0.1) is 11.0 Å². The Bertz CT molecular complexity index is 895. The van der Waals surface area contributed by atoms with Crippen LogP contribution in [-0.2, 0) is 0 Å². The predicted octanol–water partition coefficient (Wildman–Crippen LogP) is 2.74. The van der Waals surface area contributed by atoms with E-state index in [0.717, 1.165) is 27.5 Å². The number of imidazole rings is 1. The number of rotatable bonds is 0. The summed E-state index contributed by atoms with van der Waals surface area (Å²) in [6, 6.07) is 9.18. The first-order chi connectivity index (χ1) is 8.84. The minimum absolute atomic E-state index is 0.241. The van der Waals surface area contributed by atoms with Crippen LogP contribution in [0, 0.1) is 0 Å². The van der Waals surface area contributed by atoms with E-state index in [2.05, 4.69) is 9.97 Å². The minimum Gasteiger partial charge on any atom is -0.508 e. The maximum atomic E-state index is 9.66. The maximum Gasteiger partial charge on any atom is 0.145 e. The number of aromatic nitrogens is 3. The van der Waals surface area contributed by atoms with Crippen molar-refractivity contribution in [3.63, 3.8) is 0 Å². The first kappa shape index (κ1) is 9.41. The second-order valence-electron chi connectivity index (χ2n) is 4.22. The topological polar surface area (TPSA) is 50.4 Å². The van der Waals surface area contributed by atoms with Gasteiger partial charge in [0.15, 0.2) is 0 Å².